The number of nitrogens with one attached hydrogen (secondary N) is 1. The molecule has 0 aromatic carbocycles. The minimum Gasteiger partial charge on any atom is -0.314 e. The van der Waals surface area contributed by atoms with Crippen LogP contribution < -0.4 is 5.32 Å². The second kappa shape index (κ2) is 4.53. The SMILES string of the molecule is Br.Cc1nc2c(s1)CC(C)NCC2. The Balaban J connectivity index is 0.000000845. The van der Waals surface area contributed by atoms with Crippen molar-refractivity contribution in [2.45, 2.75) is 32.7 Å². The van der Waals surface area contributed by atoms with Crippen LogP contribution >= 0.6 is 28.3 Å². The first kappa shape index (κ1) is 11.1. The Morgan fingerprint density at radius 3 is 3.08 bits per heavy atom. The summed E-state index contributed by atoms with van der Waals surface area (Å²) in [5.41, 5.74) is 1.33. The van der Waals surface area contributed by atoms with Crippen LogP contribution in [0.15, 0.2) is 0 Å². The Morgan fingerprint density at radius 1 is 1.54 bits per heavy atom. The summed E-state index contributed by atoms with van der Waals surface area (Å²) in [5.74, 6) is 0. The maximum Gasteiger partial charge on any atom is 0.0900 e. The molecule has 1 unspecified atom stereocenters. The third kappa shape index (κ3) is 2.51. The monoisotopic (exact) mass is 262 g/mol. The summed E-state index contributed by atoms with van der Waals surface area (Å²) in [6, 6.07) is 0.617. The Hall–Kier alpha value is 0.0700. The fourth-order valence-corrected chi connectivity index (χ4v) is 2.77. The molecule has 0 fully saturated rings. The van der Waals surface area contributed by atoms with E-state index in [1.807, 2.05) is 11.3 Å². The molecule has 2 nitrogen and oxygen atoms in total. The molecule has 0 bridgehead atoms. The van der Waals surface area contributed by atoms with Gasteiger partial charge in [0.25, 0.3) is 0 Å². The van der Waals surface area contributed by atoms with Crippen LogP contribution in [0.3, 0.4) is 0 Å². The Bertz CT molecular complexity index is 285. The van der Waals surface area contributed by atoms with Gasteiger partial charge >= 0.3 is 0 Å². The zero-order chi connectivity index (χ0) is 8.55. The molecule has 13 heavy (non-hydrogen) atoms. The second-order valence-corrected chi connectivity index (χ2v) is 4.70. The lowest BCUT2D eigenvalue weighted by Crippen LogP contribution is -2.27. The lowest BCUT2D eigenvalue weighted by molar-refractivity contribution is 0.569. The van der Waals surface area contributed by atoms with Crippen LogP contribution in [-0.4, -0.2) is 17.6 Å². The molecule has 1 atom stereocenters. The first-order valence-electron chi connectivity index (χ1n) is 4.44. The number of hydrogen-bond acceptors (Lipinski definition) is 3. The number of rotatable bonds is 0. The van der Waals surface area contributed by atoms with Crippen molar-refractivity contribution in [1.29, 1.82) is 0 Å². The molecular weight excluding hydrogens is 248 g/mol. The van der Waals surface area contributed by atoms with Crippen molar-refractivity contribution in [3.05, 3.63) is 15.6 Å². The lowest BCUT2D eigenvalue weighted by Gasteiger charge is -2.07. The molecule has 1 aliphatic heterocycles. The number of aromatic nitrogens is 1. The quantitative estimate of drug-likeness (QED) is 0.775. The van der Waals surface area contributed by atoms with Crippen LogP contribution in [0.4, 0.5) is 0 Å². The van der Waals surface area contributed by atoms with E-state index in [1.165, 1.54) is 15.6 Å². The Kier molecular flexibility index (Phi) is 3.88. The van der Waals surface area contributed by atoms with Gasteiger partial charge in [0.15, 0.2) is 0 Å². The minimum absolute atomic E-state index is 0. The molecule has 1 aromatic rings. The summed E-state index contributed by atoms with van der Waals surface area (Å²) in [6.45, 7) is 5.42. The normalized spacial score (nSPS) is 21.5. The summed E-state index contributed by atoms with van der Waals surface area (Å²) >= 11 is 1.86. The first-order valence-corrected chi connectivity index (χ1v) is 5.26. The highest BCUT2D eigenvalue weighted by molar-refractivity contribution is 8.93. The van der Waals surface area contributed by atoms with Crippen molar-refractivity contribution in [2.24, 2.45) is 0 Å². The van der Waals surface area contributed by atoms with Gasteiger partial charge in [0.2, 0.25) is 0 Å². The summed E-state index contributed by atoms with van der Waals surface area (Å²) < 4.78 is 0. The van der Waals surface area contributed by atoms with E-state index in [2.05, 4.69) is 24.1 Å². The zero-order valence-electron chi connectivity index (χ0n) is 7.96. The topological polar surface area (TPSA) is 24.9 Å². The van der Waals surface area contributed by atoms with Crippen molar-refractivity contribution >= 4 is 28.3 Å². The lowest BCUT2D eigenvalue weighted by atomic mass is 10.2. The van der Waals surface area contributed by atoms with E-state index in [9.17, 15) is 0 Å². The zero-order valence-corrected chi connectivity index (χ0v) is 10.5. The second-order valence-electron chi connectivity index (χ2n) is 3.41. The maximum atomic E-state index is 4.52. The molecule has 4 heteroatoms. The predicted molar refractivity (Wildman–Crippen MR) is 62.0 cm³/mol. The molecule has 0 amide bonds. The van der Waals surface area contributed by atoms with Gasteiger partial charge in [-0.2, -0.15) is 0 Å². The summed E-state index contributed by atoms with van der Waals surface area (Å²) in [5, 5.41) is 4.68. The maximum absolute atomic E-state index is 4.52. The molecule has 1 aromatic heterocycles. The molecular formula is C9H15BrN2S. The third-order valence-corrected chi connectivity index (χ3v) is 3.27. The average Bonchev–Trinajstić information content (AvgIpc) is 2.23. The van der Waals surface area contributed by atoms with Crippen LogP contribution in [0.5, 0.6) is 0 Å². The average molecular weight is 263 g/mol. The van der Waals surface area contributed by atoms with Crippen molar-refractivity contribution in [2.75, 3.05) is 6.54 Å². The smallest absolute Gasteiger partial charge is 0.0900 e. The highest BCUT2D eigenvalue weighted by Crippen LogP contribution is 2.21. The van der Waals surface area contributed by atoms with Crippen LogP contribution in [0.2, 0.25) is 0 Å². The van der Waals surface area contributed by atoms with Crippen molar-refractivity contribution in [1.82, 2.24) is 10.3 Å². The van der Waals surface area contributed by atoms with Gasteiger partial charge in [-0.1, -0.05) is 0 Å². The fraction of sp³-hybridized carbons (Fsp3) is 0.667. The molecule has 74 valence electrons. The van der Waals surface area contributed by atoms with E-state index in [4.69, 9.17) is 0 Å². The predicted octanol–water partition coefficient (Wildman–Crippen LogP) is 2.11. The molecule has 1 N–H and O–H groups in total. The molecule has 0 saturated carbocycles. The Morgan fingerprint density at radius 2 is 2.31 bits per heavy atom. The van der Waals surface area contributed by atoms with Crippen LogP contribution in [-0.2, 0) is 12.8 Å². The van der Waals surface area contributed by atoms with Crippen LogP contribution in [0, 0.1) is 6.92 Å². The molecule has 2 heterocycles. The van der Waals surface area contributed by atoms with Gasteiger partial charge in [0.05, 0.1) is 10.7 Å². The summed E-state index contributed by atoms with van der Waals surface area (Å²) in [6.07, 6.45) is 2.25. The van der Waals surface area contributed by atoms with E-state index in [0.717, 1.165) is 19.4 Å². The van der Waals surface area contributed by atoms with Gasteiger partial charge in [-0.25, -0.2) is 4.98 Å². The highest BCUT2D eigenvalue weighted by atomic mass is 79.9. The van der Waals surface area contributed by atoms with Gasteiger partial charge in [-0.15, -0.1) is 28.3 Å². The minimum atomic E-state index is 0. The number of aryl methyl sites for hydroxylation is 1. The van der Waals surface area contributed by atoms with E-state index in [0.29, 0.717) is 6.04 Å². The summed E-state index contributed by atoms with van der Waals surface area (Å²) in [7, 11) is 0. The van der Waals surface area contributed by atoms with Gasteiger partial charge in [0.1, 0.15) is 0 Å². The largest absolute Gasteiger partial charge is 0.314 e. The van der Waals surface area contributed by atoms with E-state index < -0.39 is 0 Å². The number of hydrogen-bond donors (Lipinski definition) is 1. The highest BCUT2D eigenvalue weighted by Gasteiger charge is 2.15. The molecule has 0 radical (unpaired) electrons. The number of halogens is 1. The van der Waals surface area contributed by atoms with Crippen molar-refractivity contribution in [3.63, 3.8) is 0 Å². The van der Waals surface area contributed by atoms with Crippen LogP contribution in [0.25, 0.3) is 0 Å². The summed E-state index contributed by atoms with van der Waals surface area (Å²) in [4.78, 5) is 6.01. The van der Waals surface area contributed by atoms with Gasteiger partial charge in [-0.3, -0.25) is 0 Å². The molecule has 0 spiro atoms. The number of fused-ring (bicyclic) bond motifs is 1. The molecule has 0 aliphatic carbocycles. The number of thiazole rings is 1. The first-order chi connectivity index (χ1) is 5.75. The molecule has 0 saturated heterocycles. The third-order valence-electron chi connectivity index (χ3n) is 2.23. The van der Waals surface area contributed by atoms with Crippen molar-refractivity contribution < 1.29 is 0 Å². The van der Waals surface area contributed by atoms with E-state index in [1.54, 1.807) is 0 Å². The molecule has 1 aliphatic rings. The van der Waals surface area contributed by atoms with Gasteiger partial charge in [0, 0.05) is 23.9 Å². The number of nitrogens with zero attached hydrogens (tertiary/aromatic N) is 1. The van der Waals surface area contributed by atoms with Crippen molar-refractivity contribution in [3.8, 4) is 0 Å². The van der Waals surface area contributed by atoms with Gasteiger partial charge < -0.3 is 5.32 Å². The van der Waals surface area contributed by atoms with E-state index >= 15 is 0 Å². The standard InChI is InChI=1S/C9H14N2S.BrH/c1-6-5-9-8(3-4-10-6)11-7(2)12-9;/h6,10H,3-5H2,1-2H3;1H. The fourth-order valence-electron chi connectivity index (χ4n) is 1.65. The van der Waals surface area contributed by atoms with Gasteiger partial charge in [-0.05, 0) is 20.3 Å². The van der Waals surface area contributed by atoms with Crippen LogP contribution in [0.1, 0.15) is 22.5 Å². The Labute approximate surface area is 93.5 Å². The van der Waals surface area contributed by atoms with E-state index in [-0.39, 0.29) is 17.0 Å². The molecule has 2 rings (SSSR count).